The summed E-state index contributed by atoms with van der Waals surface area (Å²) in [7, 11) is -0.710. The molecule has 2 aliphatic heterocycles. The summed E-state index contributed by atoms with van der Waals surface area (Å²) in [5.41, 5.74) is 10.7. The lowest BCUT2D eigenvalue weighted by atomic mass is 9.78. The number of hydrogen-bond acceptors (Lipinski definition) is 4. The van der Waals surface area contributed by atoms with Crippen LogP contribution in [0.25, 0.3) is 33.4 Å². The van der Waals surface area contributed by atoms with Crippen LogP contribution in [-0.4, -0.2) is 36.6 Å². The molecule has 3 aliphatic rings. The van der Waals surface area contributed by atoms with Gasteiger partial charge in [-0.25, -0.2) is 0 Å². The molecule has 0 spiro atoms. The van der Waals surface area contributed by atoms with Crippen LogP contribution in [0.5, 0.6) is 0 Å². The highest BCUT2D eigenvalue weighted by atomic mass is 16.7. The van der Waals surface area contributed by atoms with Gasteiger partial charge in [-0.1, -0.05) is 86.6 Å². The highest BCUT2D eigenvalue weighted by molar-refractivity contribution is 6.62. The van der Waals surface area contributed by atoms with Crippen molar-refractivity contribution in [3.8, 4) is 33.4 Å². The molecule has 0 aromatic heterocycles. The average Bonchev–Trinajstić information content (AvgIpc) is 3.46. The van der Waals surface area contributed by atoms with Gasteiger partial charge >= 0.3 is 14.2 Å². The Kier molecular flexibility index (Phi) is 6.73. The summed E-state index contributed by atoms with van der Waals surface area (Å²) in [6.07, 6.45) is 0. The molecule has 0 radical (unpaired) electrons. The SMILES string of the molecule is CC1(C)c2cc(-c3ccc(B4OC(C)(C)C(C)(C)O4)cc3)ccc2-c2ccc(-c3ccc(B4OC(C)(C)C(C)(C)O4)cc3)cc21. The average molecular weight is 598 g/mol. The van der Waals surface area contributed by atoms with Gasteiger partial charge in [0.25, 0.3) is 0 Å². The number of hydrogen-bond donors (Lipinski definition) is 0. The van der Waals surface area contributed by atoms with Gasteiger partial charge in [-0.3, -0.25) is 0 Å². The normalized spacial score (nSPS) is 21.6. The molecule has 230 valence electrons. The maximum atomic E-state index is 6.27. The summed E-state index contributed by atoms with van der Waals surface area (Å²) in [5.74, 6) is 0. The molecule has 2 fully saturated rings. The van der Waals surface area contributed by atoms with E-state index in [9.17, 15) is 0 Å². The lowest BCUT2D eigenvalue weighted by molar-refractivity contribution is 0.00578. The van der Waals surface area contributed by atoms with Crippen molar-refractivity contribution in [2.75, 3.05) is 0 Å². The monoisotopic (exact) mass is 598 g/mol. The first-order valence-electron chi connectivity index (χ1n) is 16.2. The lowest BCUT2D eigenvalue weighted by Crippen LogP contribution is -2.41. The van der Waals surface area contributed by atoms with E-state index in [4.69, 9.17) is 18.6 Å². The van der Waals surface area contributed by atoms with E-state index < -0.39 is 0 Å². The molecular formula is C39H44B2O4. The smallest absolute Gasteiger partial charge is 0.399 e. The van der Waals surface area contributed by atoms with Gasteiger partial charge < -0.3 is 18.6 Å². The van der Waals surface area contributed by atoms with Gasteiger partial charge in [0, 0.05) is 5.41 Å². The fourth-order valence-electron chi connectivity index (χ4n) is 6.72. The minimum atomic E-state index is -0.355. The van der Waals surface area contributed by atoms with Crippen LogP contribution in [-0.2, 0) is 24.0 Å². The van der Waals surface area contributed by atoms with Crippen LogP contribution in [0.1, 0.15) is 80.4 Å². The van der Waals surface area contributed by atoms with E-state index in [0.717, 1.165) is 10.9 Å². The second kappa shape index (κ2) is 9.92. The Morgan fingerprint density at radius 3 is 0.978 bits per heavy atom. The molecule has 2 heterocycles. The Balaban J connectivity index is 1.13. The summed E-state index contributed by atoms with van der Waals surface area (Å²) in [6, 6.07) is 31.1. The summed E-state index contributed by atoms with van der Waals surface area (Å²) in [5, 5.41) is 0. The molecule has 4 aromatic carbocycles. The minimum Gasteiger partial charge on any atom is -0.399 e. The van der Waals surface area contributed by atoms with E-state index in [0.29, 0.717) is 0 Å². The van der Waals surface area contributed by atoms with Crippen molar-refractivity contribution in [3.05, 3.63) is 96.1 Å². The minimum absolute atomic E-state index is 0.123. The Morgan fingerprint density at radius 2 is 0.667 bits per heavy atom. The Hall–Kier alpha value is -3.15. The highest BCUT2D eigenvalue weighted by Gasteiger charge is 2.52. The van der Waals surface area contributed by atoms with Crippen LogP contribution >= 0.6 is 0 Å². The number of benzene rings is 4. The predicted octanol–water partition coefficient (Wildman–Crippen LogP) is 7.93. The van der Waals surface area contributed by atoms with Crippen molar-refractivity contribution in [1.82, 2.24) is 0 Å². The van der Waals surface area contributed by atoms with Crippen molar-refractivity contribution in [1.29, 1.82) is 0 Å². The van der Waals surface area contributed by atoms with Gasteiger partial charge in [0.1, 0.15) is 0 Å². The second-order valence-corrected chi connectivity index (χ2v) is 15.6. The molecule has 0 bridgehead atoms. The predicted molar refractivity (Wildman–Crippen MR) is 186 cm³/mol. The van der Waals surface area contributed by atoms with Crippen molar-refractivity contribution >= 4 is 25.2 Å². The summed E-state index contributed by atoms with van der Waals surface area (Å²) >= 11 is 0. The molecule has 0 amide bonds. The molecular weight excluding hydrogens is 554 g/mol. The van der Waals surface area contributed by atoms with Crippen LogP contribution in [0, 0.1) is 0 Å². The van der Waals surface area contributed by atoms with Crippen LogP contribution < -0.4 is 10.9 Å². The zero-order valence-electron chi connectivity index (χ0n) is 28.4. The van der Waals surface area contributed by atoms with Crippen LogP contribution in [0.2, 0.25) is 0 Å². The molecule has 4 aromatic rings. The molecule has 0 saturated carbocycles. The van der Waals surface area contributed by atoms with E-state index in [-0.39, 0.29) is 42.1 Å². The van der Waals surface area contributed by atoms with Gasteiger partial charge in [-0.15, -0.1) is 0 Å². The molecule has 45 heavy (non-hydrogen) atoms. The molecule has 6 heteroatoms. The molecule has 4 nitrogen and oxygen atoms in total. The first-order chi connectivity index (χ1) is 21.0. The quantitative estimate of drug-likeness (QED) is 0.224. The molecule has 0 unspecified atom stereocenters. The van der Waals surface area contributed by atoms with Crippen molar-refractivity contribution in [2.45, 2.75) is 97.1 Å². The first kappa shape index (κ1) is 30.5. The summed E-state index contributed by atoms with van der Waals surface area (Å²) < 4.78 is 25.1. The van der Waals surface area contributed by atoms with Crippen LogP contribution in [0.3, 0.4) is 0 Å². The first-order valence-corrected chi connectivity index (χ1v) is 16.2. The maximum Gasteiger partial charge on any atom is 0.494 e. The molecule has 7 rings (SSSR count). The molecule has 2 saturated heterocycles. The van der Waals surface area contributed by atoms with E-state index >= 15 is 0 Å². The second-order valence-electron chi connectivity index (χ2n) is 15.6. The van der Waals surface area contributed by atoms with E-state index in [1.165, 1.54) is 44.5 Å². The Bertz CT molecular complexity index is 1620. The molecule has 1 aliphatic carbocycles. The van der Waals surface area contributed by atoms with Crippen molar-refractivity contribution in [2.24, 2.45) is 0 Å². The maximum absolute atomic E-state index is 6.27. The van der Waals surface area contributed by atoms with E-state index in [2.05, 4.69) is 154 Å². The standard InChI is InChI=1S/C39H44B2O4/c1-35(2)33-23-27(25-11-17-29(18-12-25)40-42-36(3,4)37(5,6)43-40)15-21-31(33)32-22-16-28(24-34(32)35)26-13-19-30(20-14-26)41-44-38(7,8)39(9,10)45-41/h11-24H,1-10H3. The summed E-state index contributed by atoms with van der Waals surface area (Å²) in [4.78, 5) is 0. The zero-order valence-corrected chi connectivity index (χ0v) is 28.4. The number of rotatable bonds is 4. The third-order valence-electron chi connectivity index (χ3n) is 11.2. The highest BCUT2D eigenvalue weighted by Crippen LogP contribution is 2.50. The van der Waals surface area contributed by atoms with Gasteiger partial charge in [0.15, 0.2) is 0 Å². The molecule has 0 N–H and O–H groups in total. The fraction of sp³-hybridized carbons (Fsp3) is 0.385. The summed E-state index contributed by atoms with van der Waals surface area (Å²) in [6.45, 7) is 21.4. The number of fused-ring (bicyclic) bond motifs is 3. The van der Waals surface area contributed by atoms with Crippen molar-refractivity contribution < 1.29 is 18.6 Å². The Morgan fingerprint density at radius 1 is 0.378 bits per heavy atom. The molecule has 0 atom stereocenters. The third-order valence-corrected chi connectivity index (χ3v) is 11.2. The van der Waals surface area contributed by atoms with Crippen molar-refractivity contribution in [3.63, 3.8) is 0 Å². The van der Waals surface area contributed by atoms with Crippen LogP contribution in [0.15, 0.2) is 84.9 Å². The largest absolute Gasteiger partial charge is 0.494 e. The van der Waals surface area contributed by atoms with E-state index in [1.807, 2.05) is 0 Å². The van der Waals surface area contributed by atoms with Gasteiger partial charge in [0.2, 0.25) is 0 Å². The van der Waals surface area contributed by atoms with Gasteiger partial charge in [0.05, 0.1) is 22.4 Å². The lowest BCUT2D eigenvalue weighted by Gasteiger charge is -2.32. The Labute approximate surface area is 269 Å². The van der Waals surface area contributed by atoms with E-state index in [1.54, 1.807) is 0 Å². The van der Waals surface area contributed by atoms with Gasteiger partial charge in [-0.05, 0) is 123 Å². The fourth-order valence-corrected chi connectivity index (χ4v) is 6.72. The topological polar surface area (TPSA) is 36.9 Å². The van der Waals surface area contributed by atoms with Crippen LogP contribution in [0.4, 0.5) is 0 Å². The third kappa shape index (κ3) is 4.84. The zero-order chi connectivity index (χ0) is 32.2. The van der Waals surface area contributed by atoms with Gasteiger partial charge in [-0.2, -0.15) is 0 Å².